The van der Waals surface area contributed by atoms with Crippen molar-refractivity contribution in [1.82, 2.24) is 15.3 Å². The highest BCUT2D eigenvalue weighted by atomic mass is 14.9. The lowest BCUT2D eigenvalue weighted by Gasteiger charge is -2.25. The number of piperidine rings is 1. The molecule has 1 aromatic heterocycles. The van der Waals surface area contributed by atoms with Crippen LogP contribution in [0.25, 0.3) is 11.4 Å². The Morgan fingerprint density at radius 2 is 1.57 bits per heavy atom. The quantitative estimate of drug-likeness (QED) is 0.915. The molecule has 2 heterocycles. The van der Waals surface area contributed by atoms with E-state index in [4.69, 9.17) is 9.97 Å². The average Bonchev–Trinajstić information content (AvgIpc) is 2.48. The molecule has 0 aliphatic carbocycles. The maximum absolute atomic E-state index is 4.81. The molecule has 110 valence electrons. The van der Waals surface area contributed by atoms with Crippen LogP contribution in [0.2, 0.25) is 0 Å². The molecule has 0 atom stereocenters. The van der Waals surface area contributed by atoms with Crippen molar-refractivity contribution in [3.8, 4) is 11.4 Å². The molecular formula is C18H23N3. The Morgan fingerprint density at radius 1 is 0.952 bits per heavy atom. The fraction of sp³-hybridized carbons (Fsp3) is 0.444. The van der Waals surface area contributed by atoms with Crippen molar-refractivity contribution < 1.29 is 0 Å². The second-order valence-corrected chi connectivity index (χ2v) is 5.97. The second-order valence-electron chi connectivity index (χ2n) is 5.97. The minimum Gasteiger partial charge on any atom is -0.317 e. The number of rotatable bonds is 2. The van der Waals surface area contributed by atoms with Crippen molar-refractivity contribution in [2.45, 2.75) is 39.5 Å². The Kier molecular flexibility index (Phi) is 4.02. The molecule has 1 aromatic carbocycles. The summed E-state index contributed by atoms with van der Waals surface area (Å²) in [6, 6.07) is 8.33. The van der Waals surface area contributed by atoms with Gasteiger partial charge in [-0.1, -0.05) is 24.3 Å². The lowest BCUT2D eigenvalue weighted by Crippen LogP contribution is -2.27. The highest BCUT2D eigenvalue weighted by Gasteiger charge is 2.21. The fourth-order valence-corrected chi connectivity index (χ4v) is 3.37. The van der Waals surface area contributed by atoms with Gasteiger partial charge in [-0.3, -0.25) is 0 Å². The third-order valence-corrected chi connectivity index (χ3v) is 4.46. The average molecular weight is 281 g/mol. The highest BCUT2D eigenvalue weighted by molar-refractivity contribution is 5.60. The minimum atomic E-state index is 0.608. The maximum atomic E-state index is 4.81. The molecule has 1 N–H and O–H groups in total. The number of nitrogens with zero attached hydrogens (tertiary/aromatic N) is 2. The van der Waals surface area contributed by atoms with Crippen LogP contribution in [0.15, 0.2) is 24.3 Å². The number of aryl methyl sites for hydroxylation is 3. The van der Waals surface area contributed by atoms with E-state index in [2.05, 4.69) is 50.4 Å². The van der Waals surface area contributed by atoms with E-state index in [9.17, 15) is 0 Å². The summed E-state index contributed by atoms with van der Waals surface area (Å²) in [6.07, 6.45) is 2.38. The van der Waals surface area contributed by atoms with Crippen molar-refractivity contribution in [2.24, 2.45) is 0 Å². The summed E-state index contributed by atoms with van der Waals surface area (Å²) in [5, 5.41) is 3.43. The number of hydrogen-bond acceptors (Lipinski definition) is 3. The number of benzene rings is 1. The molecule has 0 saturated carbocycles. The third kappa shape index (κ3) is 2.84. The topological polar surface area (TPSA) is 37.8 Å². The molecule has 1 saturated heterocycles. The van der Waals surface area contributed by atoms with E-state index >= 15 is 0 Å². The molecule has 0 unspecified atom stereocenters. The molecule has 0 amide bonds. The predicted octanol–water partition coefficient (Wildman–Crippen LogP) is 3.54. The molecule has 0 radical (unpaired) electrons. The molecule has 3 nitrogen and oxygen atoms in total. The Hall–Kier alpha value is -1.74. The van der Waals surface area contributed by atoms with Gasteiger partial charge in [-0.15, -0.1) is 0 Å². The molecule has 1 fully saturated rings. The van der Waals surface area contributed by atoms with Gasteiger partial charge < -0.3 is 5.32 Å². The van der Waals surface area contributed by atoms with Crippen molar-refractivity contribution >= 4 is 0 Å². The fourth-order valence-electron chi connectivity index (χ4n) is 3.37. The minimum absolute atomic E-state index is 0.608. The molecule has 21 heavy (non-hydrogen) atoms. The van der Waals surface area contributed by atoms with Gasteiger partial charge in [0.15, 0.2) is 5.82 Å². The zero-order valence-corrected chi connectivity index (χ0v) is 13.1. The first-order valence-electron chi connectivity index (χ1n) is 7.78. The number of nitrogens with one attached hydrogen (secondary N) is 1. The van der Waals surface area contributed by atoms with Gasteiger partial charge in [-0.05, 0) is 63.7 Å². The van der Waals surface area contributed by atoms with Gasteiger partial charge in [0, 0.05) is 17.0 Å². The van der Waals surface area contributed by atoms with Gasteiger partial charge in [0.1, 0.15) is 0 Å². The van der Waals surface area contributed by atoms with Gasteiger partial charge in [0.2, 0.25) is 0 Å². The van der Waals surface area contributed by atoms with E-state index in [1.54, 1.807) is 0 Å². The van der Waals surface area contributed by atoms with Crippen LogP contribution >= 0.6 is 0 Å². The smallest absolute Gasteiger partial charge is 0.159 e. The lowest BCUT2D eigenvalue weighted by molar-refractivity contribution is 0.455. The second kappa shape index (κ2) is 5.94. The summed E-state index contributed by atoms with van der Waals surface area (Å²) >= 11 is 0. The van der Waals surface area contributed by atoms with Gasteiger partial charge >= 0.3 is 0 Å². The van der Waals surface area contributed by atoms with Gasteiger partial charge in [0.05, 0.1) is 0 Å². The SMILES string of the molecule is Cc1ccccc1-c1nc(C)c(C2CCNCC2)c(C)n1. The van der Waals surface area contributed by atoms with Crippen molar-refractivity contribution in [3.63, 3.8) is 0 Å². The summed E-state index contributed by atoms with van der Waals surface area (Å²) in [5.41, 5.74) is 6.03. The Balaban J connectivity index is 2.02. The maximum Gasteiger partial charge on any atom is 0.159 e. The van der Waals surface area contributed by atoms with Crippen LogP contribution in [-0.2, 0) is 0 Å². The molecule has 3 rings (SSSR count). The van der Waals surface area contributed by atoms with E-state index in [1.165, 1.54) is 24.0 Å². The highest BCUT2D eigenvalue weighted by Crippen LogP contribution is 2.31. The Labute approximate surface area is 126 Å². The van der Waals surface area contributed by atoms with Crippen LogP contribution in [0.1, 0.15) is 41.3 Å². The number of hydrogen-bond donors (Lipinski definition) is 1. The molecule has 3 heteroatoms. The molecule has 1 aliphatic heterocycles. The van der Waals surface area contributed by atoms with Crippen molar-refractivity contribution in [3.05, 3.63) is 46.8 Å². The lowest BCUT2D eigenvalue weighted by atomic mass is 9.88. The standard InChI is InChI=1S/C18H23N3/c1-12-6-4-5-7-16(12)18-20-13(2)17(14(3)21-18)15-8-10-19-11-9-15/h4-7,15,19H,8-11H2,1-3H3. The van der Waals surface area contributed by atoms with Crippen molar-refractivity contribution in [2.75, 3.05) is 13.1 Å². The summed E-state index contributed by atoms with van der Waals surface area (Å²) in [6.45, 7) is 8.58. The predicted molar refractivity (Wildman–Crippen MR) is 86.5 cm³/mol. The molecule has 2 aromatic rings. The van der Waals surface area contributed by atoms with E-state index in [0.29, 0.717) is 5.92 Å². The first-order valence-corrected chi connectivity index (χ1v) is 7.78. The van der Waals surface area contributed by atoms with E-state index in [1.807, 2.05) is 0 Å². The van der Waals surface area contributed by atoms with E-state index in [0.717, 1.165) is 35.9 Å². The first kappa shape index (κ1) is 14.2. The zero-order valence-electron chi connectivity index (χ0n) is 13.1. The van der Waals surface area contributed by atoms with Crippen LogP contribution in [0.3, 0.4) is 0 Å². The van der Waals surface area contributed by atoms with E-state index in [-0.39, 0.29) is 0 Å². The number of aromatic nitrogens is 2. The Bertz CT molecular complexity index is 620. The summed E-state index contributed by atoms with van der Waals surface area (Å²) in [5.74, 6) is 1.47. The normalized spacial score (nSPS) is 16.1. The van der Waals surface area contributed by atoms with E-state index < -0.39 is 0 Å². The molecular weight excluding hydrogens is 258 g/mol. The summed E-state index contributed by atoms with van der Waals surface area (Å²) in [7, 11) is 0. The van der Waals surface area contributed by atoms with Crippen LogP contribution < -0.4 is 5.32 Å². The van der Waals surface area contributed by atoms with Gasteiger partial charge in [0.25, 0.3) is 0 Å². The molecule has 0 bridgehead atoms. The van der Waals surface area contributed by atoms with Crippen LogP contribution in [0, 0.1) is 20.8 Å². The largest absolute Gasteiger partial charge is 0.317 e. The van der Waals surface area contributed by atoms with Crippen LogP contribution in [0.4, 0.5) is 0 Å². The van der Waals surface area contributed by atoms with Crippen LogP contribution in [0.5, 0.6) is 0 Å². The summed E-state index contributed by atoms with van der Waals surface area (Å²) in [4.78, 5) is 9.62. The molecule has 0 spiro atoms. The first-order chi connectivity index (χ1) is 10.2. The van der Waals surface area contributed by atoms with Crippen molar-refractivity contribution in [1.29, 1.82) is 0 Å². The van der Waals surface area contributed by atoms with Gasteiger partial charge in [-0.2, -0.15) is 0 Å². The summed E-state index contributed by atoms with van der Waals surface area (Å²) < 4.78 is 0. The zero-order chi connectivity index (χ0) is 14.8. The third-order valence-electron chi connectivity index (χ3n) is 4.46. The van der Waals surface area contributed by atoms with Gasteiger partial charge in [-0.25, -0.2) is 9.97 Å². The monoisotopic (exact) mass is 281 g/mol. The van der Waals surface area contributed by atoms with Crippen LogP contribution in [-0.4, -0.2) is 23.1 Å². The Morgan fingerprint density at radius 3 is 2.19 bits per heavy atom. The molecule has 1 aliphatic rings.